The molecule has 0 unspecified atom stereocenters. The van der Waals surface area contributed by atoms with E-state index in [1.54, 1.807) is 17.8 Å². The van der Waals surface area contributed by atoms with Gasteiger partial charge in [0.2, 0.25) is 15.9 Å². The molecular formula is C24H25N3O4S2. The number of methoxy groups -OCH3 is 1. The first kappa shape index (κ1) is 23.2. The average molecular weight is 484 g/mol. The number of para-hydroxylation sites is 1. The monoisotopic (exact) mass is 483 g/mol. The van der Waals surface area contributed by atoms with Crippen LogP contribution in [0, 0.1) is 0 Å². The van der Waals surface area contributed by atoms with E-state index in [-0.39, 0.29) is 23.4 Å². The molecule has 1 aliphatic rings. The first-order chi connectivity index (χ1) is 15.9. The van der Waals surface area contributed by atoms with E-state index in [9.17, 15) is 13.2 Å². The van der Waals surface area contributed by atoms with Crippen molar-refractivity contribution >= 4 is 39.1 Å². The van der Waals surface area contributed by atoms with Gasteiger partial charge in [-0.1, -0.05) is 42.1 Å². The Morgan fingerprint density at radius 3 is 2.45 bits per heavy atom. The third kappa shape index (κ3) is 6.28. The summed E-state index contributed by atoms with van der Waals surface area (Å²) in [7, 11) is -2.12. The van der Waals surface area contributed by atoms with Gasteiger partial charge in [0.25, 0.3) is 0 Å². The SMILES string of the molecule is COc1ccc(S(=O)(=O)NC2CC2)cc1NCC(=O)Nc1ccccc1Sc1ccccc1. The number of ether oxygens (including phenoxy) is 1. The Morgan fingerprint density at radius 2 is 1.73 bits per heavy atom. The molecule has 4 rings (SSSR count). The van der Waals surface area contributed by atoms with Gasteiger partial charge in [-0.3, -0.25) is 4.79 Å². The molecule has 0 bridgehead atoms. The topological polar surface area (TPSA) is 96.5 Å². The average Bonchev–Trinajstić information content (AvgIpc) is 3.63. The van der Waals surface area contributed by atoms with E-state index in [0.29, 0.717) is 17.1 Å². The van der Waals surface area contributed by atoms with Crippen molar-refractivity contribution < 1.29 is 17.9 Å². The summed E-state index contributed by atoms with van der Waals surface area (Å²) in [6.07, 6.45) is 1.70. The number of rotatable bonds is 10. The van der Waals surface area contributed by atoms with Crippen LogP contribution < -0.4 is 20.1 Å². The predicted molar refractivity (Wildman–Crippen MR) is 130 cm³/mol. The Hall–Kier alpha value is -3.01. The lowest BCUT2D eigenvalue weighted by atomic mass is 10.3. The van der Waals surface area contributed by atoms with E-state index in [4.69, 9.17) is 4.74 Å². The summed E-state index contributed by atoms with van der Waals surface area (Å²) in [6, 6.07) is 22.1. The second-order valence-corrected chi connectivity index (χ2v) is 10.4. The third-order valence-corrected chi connectivity index (χ3v) is 7.55. The molecule has 9 heteroatoms. The van der Waals surface area contributed by atoms with Crippen molar-refractivity contribution in [3.05, 3.63) is 72.8 Å². The van der Waals surface area contributed by atoms with Crippen molar-refractivity contribution in [2.75, 3.05) is 24.3 Å². The number of carbonyl (C=O) groups is 1. The second-order valence-electron chi connectivity index (χ2n) is 7.57. The van der Waals surface area contributed by atoms with Gasteiger partial charge < -0.3 is 15.4 Å². The molecule has 1 fully saturated rings. The molecular weight excluding hydrogens is 458 g/mol. The summed E-state index contributed by atoms with van der Waals surface area (Å²) in [5, 5.41) is 5.92. The first-order valence-corrected chi connectivity index (χ1v) is 12.8. The summed E-state index contributed by atoms with van der Waals surface area (Å²) in [5.74, 6) is 0.190. The quantitative estimate of drug-likeness (QED) is 0.397. The number of anilines is 2. The number of benzene rings is 3. The lowest BCUT2D eigenvalue weighted by molar-refractivity contribution is -0.114. The van der Waals surface area contributed by atoms with Crippen LogP contribution in [-0.4, -0.2) is 34.0 Å². The van der Waals surface area contributed by atoms with Crippen molar-refractivity contribution in [3.63, 3.8) is 0 Å². The number of amides is 1. The summed E-state index contributed by atoms with van der Waals surface area (Å²) < 4.78 is 33.1. The van der Waals surface area contributed by atoms with Crippen molar-refractivity contribution in [1.82, 2.24) is 4.72 Å². The number of nitrogens with one attached hydrogen (secondary N) is 3. The molecule has 1 amide bonds. The van der Waals surface area contributed by atoms with Gasteiger partial charge in [0.1, 0.15) is 5.75 Å². The molecule has 1 aliphatic carbocycles. The number of hydrogen-bond donors (Lipinski definition) is 3. The normalized spacial score (nSPS) is 13.4. The maximum Gasteiger partial charge on any atom is 0.243 e. The molecule has 1 saturated carbocycles. The zero-order chi connectivity index (χ0) is 23.3. The van der Waals surface area contributed by atoms with Crippen LogP contribution in [0.2, 0.25) is 0 Å². The zero-order valence-electron chi connectivity index (χ0n) is 18.1. The van der Waals surface area contributed by atoms with E-state index in [2.05, 4.69) is 15.4 Å². The predicted octanol–water partition coefficient (Wildman–Crippen LogP) is 4.34. The summed E-state index contributed by atoms with van der Waals surface area (Å²) in [4.78, 5) is 14.8. The van der Waals surface area contributed by atoms with Crippen LogP contribution >= 0.6 is 11.8 Å². The van der Waals surface area contributed by atoms with Crippen molar-refractivity contribution in [1.29, 1.82) is 0 Å². The van der Waals surface area contributed by atoms with Gasteiger partial charge in [0.15, 0.2) is 0 Å². The van der Waals surface area contributed by atoms with Gasteiger partial charge in [-0.2, -0.15) is 0 Å². The molecule has 0 aromatic heterocycles. The largest absolute Gasteiger partial charge is 0.495 e. The highest BCUT2D eigenvalue weighted by molar-refractivity contribution is 7.99. The molecule has 0 radical (unpaired) electrons. The molecule has 7 nitrogen and oxygen atoms in total. The molecule has 0 atom stereocenters. The summed E-state index contributed by atoms with van der Waals surface area (Å²) in [5.41, 5.74) is 1.13. The Kier molecular flexibility index (Phi) is 7.22. The van der Waals surface area contributed by atoms with Gasteiger partial charge in [-0.05, 0) is 55.3 Å². The number of carbonyl (C=O) groups excluding carboxylic acids is 1. The first-order valence-electron chi connectivity index (χ1n) is 10.5. The van der Waals surface area contributed by atoms with E-state index < -0.39 is 10.0 Å². The maximum absolute atomic E-state index is 12.7. The molecule has 3 N–H and O–H groups in total. The molecule has 3 aromatic rings. The smallest absolute Gasteiger partial charge is 0.243 e. The van der Waals surface area contributed by atoms with Gasteiger partial charge >= 0.3 is 0 Å². The Bertz CT molecular complexity index is 1230. The van der Waals surface area contributed by atoms with Gasteiger partial charge in [-0.25, -0.2) is 13.1 Å². The third-order valence-electron chi connectivity index (χ3n) is 4.95. The van der Waals surface area contributed by atoms with Crippen LogP contribution in [0.5, 0.6) is 5.75 Å². The van der Waals surface area contributed by atoms with E-state index in [1.165, 1.54) is 19.2 Å². The van der Waals surface area contributed by atoms with Crippen LogP contribution in [0.3, 0.4) is 0 Å². The highest BCUT2D eigenvalue weighted by Gasteiger charge is 2.28. The maximum atomic E-state index is 12.7. The molecule has 3 aromatic carbocycles. The molecule has 0 heterocycles. The minimum Gasteiger partial charge on any atom is -0.495 e. The number of sulfonamides is 1. The number of hydrogen-bond acceptors (Lipinski definition) is 6. The van der Waals surface area contributed by atoms with Crippen LogP contribution in [0.1, 0.15) is 12.8 Å². The van der Waals surface area contributed by atoms with E-state index in [1.807, 2.05) is 54.6 Å². The second kappa shape index (κ2) is 10.3. The highest BCUT2D eigenvalue weighted by atomic mass is 32.2. The molecule has 33 heavy (non-hydrogen) atoms. The Morgan fingerprint density at radius 1 is 1.00 bits per heavy atom. The standard InChI is InChI=1S/C24H25N3O4S2/c1-31-22-14-13-19(33(29,30)27-17-11-12-17)15-21(22)25-16-24(28)26-20-9-5-6-10-23(20)32-18-7-3-2-4-8-18/h2-10,13-15,17,25,27H,11-12,16H2,1H3,(H,26,28). The van der Waals surface area contributed by atoms with E-state index in [0.717, 1.165) is 22.6 Å². The van der Waals surface area contributed by atoms with Gasteiger partial charge in [-0.15, -0.1) is 0 Å². The summed E-state index contributed by atoms with van der Waals surface area (Å²) in [6.45, 7) is -0.0553. The zero-order valence-corrected chi connectivity index (χ0v) is 19.7. The van der Waals surface area contributed by atoms with E-state index >= 15 is 0 Å². The Balaban J connectivity index is 1.43. The fourth-order valence-electron chi connectivity index (χ4n) is 3.13. The molecule has 172 valence electrons. The van der Waals surface area contributed by atoms with Crippen LogP contribution in [0.4, 0.5) is 11.4 Å². The lowest BCUT2D eigenvalue weighted by Crippen LogP contribution is -2.26. The lowest BCUT2D eigenvalue weighted by Gasteiger charge is -2.14. The Labute approximate surface area is 198 Å². The van der Waals surface area contributed by atoms with Crippen LogP contribution in [0.25, 0.3) is 0 Å². The fraction of sp³-hybridized carbons (Fsp3) is 0.208. The molecule has 0 aliphatic heterocycles. The highest BCUT2D eigenvalue weighted by Crippen LogP contribution is 2.33. The molecule has 0 saturated heterocycles. The molecule has 0 spiro atoms. The van der Waals surface area contributed by atoms with Crippen molar-refractivity contribution in [2.45, 2.75) is 33.6 Å². The van der Waals surface area contributed by atoms with Crippen molar-refractivity contribution in [2.24, 2.45) is 0 Å². The van der Waals surface area contributed by atoms with Crippen molar-refractivity contribution in [3.8, 4) is 5.75 Å². The fourth-order valence-corrected chi connectivity index (χ4v) is 5.38. The summed E-state index contributed by atoms with van der Waals surface area (Å²) >= 11 is 1.56. The minimum atomic E-state index is -3.62. The van der Waals surface area contributed by atoms with Crippen LogP contribution in [-0.2, 0) is 14.8 Å². The van der Waals surface area contributed by atoms with Gasteiger partial charge in [0.05, 0.1) is 29.9 Å². The minimum absolute atomic E-state index is 0.00751. The van der Waals surface area contributed by atoms with Crippen LogP contribution in [0.15, 0.2) is 87.5 Å². The van der Waals surface area contributed by atoms with Gasteiger partial charge in [0, 0.05) is 15.8 Å².